The number of methoxy groups -OCH3 is 1. The van der Waals surface area contributed by atoms with Crippen molar-refractivity contribution in [2.24, 2.45) is 0 Å². The van der Waals surface area contributed by atoms with Gasteiger partial charge in [-0.2, -0.15) is 0 Å². The van der Waals surface area contributed by atoms with E-state index in [2.05, 4.69) is 15.0 Å². The third-order valence-corrected chi connectivity index (χ3v) is 2.86. The Labute approximate surface area is 110 Å². The summed E-state index contributed by atoms with van der Waals surface area (Å²) in [6.45, 7) is 1.47. The summed E-state index contributed by atoms with van der Waals surface area (Å²) < 4.78 is 4.62. The van der Waals surface area contributed by atoms with Crippen LogP contribution in [0.1, 0.15) is 16.9 Å². The number of nitrogen functional groups attached to an aromatic ring is 1. The second kappa shape index (κ2) is 5.55. The summed E-state index contributed by atoms with van der Waals surface area (Å²) in [5.41, 5.74) is 6.48. The molecule has 0 spiro atoms. The molecule has 1 aromatic heterocycles. The zero-order valence-electron chi connectivity index (χ0n) is 10.7. The maximum absolute atomic E-state index is 11.5. The van der Waals surface area contributed by atoms with Crippen LogP contribution in [-0.2, 0) is 9.53 Å². The quantitative estimate of drug-likeness (QED) is 0.716. The summed E-state index contributed by atoms with van der Waals surface area (Å²) in [6, 6.07) is 3.10. The standard InChI is InChI=1S/C12H16N4O3/c1-19-12(18)9-4-3-8(13)11(15-9)16-6-2-5-14-10(17)7-16/h3-4H,2,5-7,13H2,1H3,(H,14,17). The molecule has 3 N–H and O–H groups in total. The number of pyridine rings is 1. The molecule has 0 aliphatic carbocycles. The molecule has 102 valence electrons. The highest BCUT2D eigenvalue weighted by molar-refractivity contribution is 5.89. The van der Waals surface area contributed by atoms with Gasteiger partial charge in [0, 0.05) is 13.1 Å². The van der Waals surface area contributed by atoms with E-state index in [1.165, 1.54) is 13.2 Å². The number of ether oxygens (including phenoxy) is 1. The largest absolute Gasteiger partial charge is 0.464 e. The maximum Gasteiger partial charge on any atom is 0.356 e. The van der Waals surface area contributed by atoms with Crippen LogP contribution >= 0.6 is 0 Å². The van der Waals surface area contributed by atoms with Gasteiger partial charge in [-0.3, -0.25) is 4.79 Å². The summed E-state index contributed by atoms with van der Waals surface area (Å²) in [5, 5.41) is 2.77. The number of anilines is 2. The minimum absolute atomic E-state index is 0.0813. The molecule has 2 rings (SSSR count). The number of carbonyl (C=O) groups excluding carboxylic acids is 2. The van der Waals surface area contributed by atoms with E-state index in [0.717, 1.165) is 6.42 Å². The SMILES string of the molecule is COC(=O)c1ccc(N)c(N2CCCNC(=O)C2)n1. The number of nitrogens with one attached hydrogen (secondary N) is 1. The molecule has 1 aliphatic rings. The zero-order chi connectivity index (χ0) is 13.8. The Morgan fingerprint density at radius 2 is 2.32 bits per heavy atom. The van der Waals surface area contributed by atoms with Crippen LogP contribution in [0.25, 0.3) is 0 Å². The van der Waals surface area contributed by atoms with Crippen molar-refractivity contribution in [1.29, 1.82) is 0 Å². The molecule has 1 amide bonds. The lowest BCUT2D eigenvalue weighted by Crippen LogP contribution is -2.34. The van der Waals surface area contributed by atoms with Crippen molar-refractivity contribution in [2.45, 2.75) is 6.42 Å². The van der Waals surface area contributed by atoms with Crippen molar-refractivity contribution in [3.63, 3.8) is 0 Å². The molecule has 1 fully saturated rings. The van der Waals surface area contributed by atoms with Gasteiger partial charge in [-0.25, -0.2) is 9.78 Å². The minimum atomic E-state index is -0.527. The predicted molar refractivity (Wildman–Crippen MR) is 69.8 cm³/mol. The van der Waals surface area contributed by atoms with Gasteiger partial charge in [0.25, 0.3) is 0 Å². The smallest absolute Gasteiger partial charge is 0.356 e. The van der Waals surface area contributed by atoms with Crippen molar-refractivity contribution < 1.29 is 14.3 Å². The first-order valence-electron chi connectivity index (χ1n) is 5.98. The van der Waals surface area contributed by atoms with Crippen LogP contribution in [0.3, 0.4) is 0 Å². The predicted octanol–water partition coefficient (Wildman–Crippen LogP) is -0.223. The molecule has 0 unspecified atom stereocenters. The van der Waals surface area contributed by atoms with E-state index in [0.29, 0.717) is 24.6 Å². The molecule has 0 bridgehead atoms. The minimum Gasteiger partial charge on any atom is -0.464 e. The lowest BCUT2D eigenvalue weighted by Gasteiger charge is -2.21. The van der Waals surface area contributed by atoms with Gasteiger partial charge in [0.15, 0.2) is 11.5 Å². The molecule has 1 saturated heterocycles. The fourth-order valence-corrected chi connectivity index (χ4v) is 1.92. The van der Waals surface area contributed by atoms with Gasteiger partial charge in [0.05, 0.1) is 19.3 Å². The molecule has 1 aromatic rings. The van der Waals surface area contributed by atoms with Gasteiger partial charge in [0.1, 0.15) is 0 Å². The molecule has 0 atom stereocenters. The van der Waals surface area contributed by atoms with Crippen molar-refractivity contribution in [1.82, 2.24) is 10.3 Å². The number of rotatable bonds is 2. The highest BCUT2D eigenvalue weighted by Crippen LogP contribution is 2.21. The van der Waals surface area contributed by atoms with E-state index >= 15 is 0 Å². The maximum atomic E-state index is 11.5. The van der Waals surface area contributed by atoms with Gasteiger partial charge in [-0.15, -0.1) is 0 Å². The van der Waals surface area contributed by atoms with E-state index in [1.807, 2.05) is 0 Å². The Morgan fingerprint density at radius 1 is 1.53 bits per heavy atom. The summed E-state index contributed by atoms with van der Waals surface area (Å²) in [7, 11) is 1.29. The topological polar surface area (TPSA) is 97.5 Å². The van der Waals surface area contributed by atoms with E-state index < -0.39 is 5.97 Å². The Hall–Kier alpha value is -2.31. The molecule has 2 heterocycles. The number of carbonyl (C=O) groups is 2. The molecule has 0 radical (unpaired) electrons. The van der Waals surface area contributed by atoms with Crippen molar-refractivity contribution in [2.75, 3.05) is 37.4 Å². The van der Waals surface area contributed by atoms with Gasteiger partial charge < -0.3 is 20.7 Å². The molecule has 7 nitrogen and oxygen atoms in total. The van der Waals surface area contributed by atoms with Crippen molar-refractivity contribution in [3.05, 3.63) is 17.8 Å². The summed E-state index contributed by atoms with van der Waals surface area (Å²) >= 11 is 0. The summed E-state index contributed by atoms with van der Waals surface area (Å²) in [6.07, 6.45) is 0.801. The lowest BCUT2D eigenvalue weighted by molar-refractivity contribution is -0.119. The summed E-state index contributed by atoms with van der Waals surface area (Å²) in [5.74, 6) is -0.164. The normalized spacial score (nSPS) is 15.6. The fraction of sp³-hybridized carbons (Fsp3) is 0.417. The highest BCUT2D eigenvalue weighted by atomic mass is 16.5. The Bertz CT molecular complexity index is 504. The number of nitrogens with two attached hydrogens (primary N) is 1. The monoisotopic (exact) mass is 264 g/mol. The van der Waals surface area contributed by atoms with Crippen LogP contribution in [-0.4, -0.2) is 43.6 Å². The first-order chi connectivity index (χ1) is 9.11. The highest BCUT2D eigenvalue weighted by Gasteiger charge is 2.20. The number of aromatic nitrogens is 1. The second-order valence-corrected chi connectivity index (χ2v) is 4.23. The molecule has 7 heteroatoms. The lowest BCUT2D eigenvalue weighted by atomic mass is 10.3. The average Bonchev–Trinajstić information content (AvgIpc) is 2.63. The number of nitrogens with zero attached hydrogens (tertiary/aromatic N) is 2. The van der Waals surface area contributed by atoms with Crippen LogP contribution in [0, 0.1) is 0 Å². The molecule has 0 saturated carbocycles. The third-order valence-electron chi connectivity index (χ3n) is 2.86. The van der Waals surface area contributed by atoms with E-state index in [-0.39, 0.29) is 18.1 Å². The molecular formula is C12H16N4O3. The van der Waals surface area contributed by atoms with E-state index in [9.17, 15) is 9.59 Å². The van der Waals surface area contributed by atoms with Crippen LogP contribution in [0.2, 0.25) is 0 Å². The van der Waals surface area contributed by atoms with E-state index in [4.69, 9.17) is 5.73 Å². The van der Waals surface area contributed by atoms with Gasteiger partial charge >= 0.3 is 5.97 Å². The number of esters is 1. The molecule has 1 aliphatic heterocycles. The Kier molecular flexibility index (Phi) is 3.84. The number of hydrogen-bond acceptors (Lipinski definition) is 6. The number of hydrogen-bond donors (Lipinski definition) is 2. The molecular weight excluding hydrogens is 248 g/mol. The Morgan fingerprint density at radius 3 is 3.05 bits per heavy atom. The average molecular weight is 264 g/mol. The van der Waals surface area contributed by atoms with Gasteiger partial charge in [0.2, 0.25) is 5.91 Å². The fourth-order valence-electron chi connectivity index (χ4n) is 1.92. The van der Waals surface area contributed by atoms with Crippen molar-refractivity contribution >= 4 is 23.4 Å². The van der Waals surface area contributed by atoms with Gasteiger partial charge in [-0.05, 0) is 18.6 Å². The van der Waals surface area contributed by atoms with E-state index in [1.54, 1.807) is 11.0 Å². The summed E-state index contributed by atoms with van der Waals surface area (Å²) in [4.78, 5) is 29.0. The molecule has 0 aromatic carbocycles. The second-order valence-electron chi connectivity index (χ2n) is 4.23. The van der Waals surface area contributed by atoms with Gasteiger partial charge in [-0.1, -0.05) is 0 Å². The van der Waals surface area contributed by atoms with Crippen molar-refractivity contribution in [3.8, 4) is 0 Å². The zero-order valence-corrected chi connectivity index (χ0v) is 10.7. The van der Waals surface area contributed by atoms with Crippen LogP contribution in [0.5, 0.6) is 0 Å². The Balaban J connectivity index is 2.31. The third kappa shape index (κ3) is 2.93. The van der Waals surface area contributed by atoms with Crippen LogP contribution in [0.15, 0.2) is 12.1 Å². The first kappa shape index (κ1) is 13.1. The van der Waals surface area contributed by atoms with Crippen LogP contribution < -0.4 is 16.0 Å². The first-order valence-corrected chi connectivity index (χ1v) is 5.98. The number of amides is 1. The molecule has 19 heavy (non-hydrogen) atoms. The van der Waals surface area contributed by atoms with Crippen LogP contribution in [0.4, 0.5) is 11.5 Å².